The van der Waals surface area contributed by atoms with Gasteiger partial charge >= 0.3 is 5.97 Å². The molecule has 1 N–H and O–H groups in total. The molecule has 124 valence electrons. The van der Waals surface area contributed by atoms with Gasteiger partial charge in [-0.2, -0.15) is 5.10 Å². The number of fused-ring (bicyclic) bond motifs is 1. The zero-order valence-electron chi connectivity index (χ0n) is 13.1. The molecule has 0 aliphatic heterocycles. The van der Waals surface area contributed by atoms with E-state index in [0.717, 1.165) is 5.69 Å². The number of hydrogen-bond acceptors (Lipinski definition) is 7. The Bertz CT molecular complexity index is 871. The first-order valence-electron chi connectivity index (χ1n) is 7.15. The van der Waals surface area contributed by atoms with Crippen molar-refractivity contribution >= 4 is 23.0 Å². The number of aryl methyl sites for hydroxylation is 1. The fourth-order valence-corrected chi connectivity index (χ4v) is 2.20. The largest absolute Gasteiger partial charge is 0.467 e. The molecule has 0 spiro atoms. The molecular formula is C15H15N5O4. The number of carbonyl (C=O) groups is 2. The molecule has 9 nitrogen and oxygen atoms in total. The number of furan rings is 1. The van der Waals surface area contributed by atoms with Crippen LogP contribution in [0.25, 0.3) is 11.1 Å². The molecule has 1 atom stereocenters. The molecule has 0 bridgehead atoms. The summed E-state index contributed by atoms with van der Waals surface area (Å²) in [7, 11) is 1.25. The molecule has 0 fully saturated rings. The van der Waals surface area contributed by atoms with Gasteiger partial charge in [0.15, 0.2) is 11.3 Å². The van der Waals surface area contributed by atoms with Gasteiger partial charge in [0.25, 0.3) is 5.91 Å². The summed E-state index contributed by atoms with van der Waals surface area (Å²) in [6.45, 7) is 1.94. The van der Waals surface area contributed by atoms with E-state index >= 15 is 0 Å². The lowest BCUT2D eigenvalue weighted by Gasteiger charge is -2.15. The number of carbonyl (C=O) groups excluding carboxylic acids is 2. The van der Waals surface area contributed by atoms with Crippen LogP contribution in [0.5, 0.6) is 0 Å². The smallest absolute Gasteiger partial charge is 0.330 e. The summed E-state index contributed by atoms with van der Waals surface area (Å²) in [5, 5.41) is 6.48. The van der Waals surface area contributed by atoms with Crippen molar-refractivity contribution in [1.82, 2.24) is 25.1 Å². The molecule has 0 saturated carbocycles. The molecule has 24 heavy (non-hydrogen) atoms. The van der Waals surface area contributed by atoms with Gasteiger partial charge in [-0.05, 0) is 19.1 Å². The normalized spacial score (nSPS) is 12.1. The third-order valence-corrected chi connectivity index (χ3v) is 3.36. The molecule has 0 radical (unpaired) electrons. The van der Waals surface area contributed by atoms with Gasteiger partial charge in [0.1, 0.15) is 24.2 Å². The van der Waals surface area contributed by atoms with E-state index in [2.05, 4.69) is 20.4 Å². The summed E-state index contributed by atoms with van der Waals surface area (Å²) in [5.41, 5.74) is 1.89. The topological polar surface area (TPSA) is 112 Å². The van der Waals surface area contributed by atoms with Crippen LogP contribution in [0.2, 0.25) is 0 Å². The van der Waals surface area contributed by atoms with Gasteiger partial charge in [0.05, 0.1) is 13.7 Å². The predicted octanol–water partition coefficient (Wildman–Crippen LogP) is 0.699. The number of nitrogens with one attached hydrogen (secondary N) is 1. The first kappa shape index (κ1) is 15.7. The monoisotopic (exact) mass is 329 g/mol. The van der Waals surface area contributed by atoms with E-state index in [1.807, 2.05) is 6.92 Å². The standard InChI is InChI=1S/C15H15N5O4/c1-9-3-4-12-10(18-9)5-13(24-12)14(21)19-11(15(22)23-2)6-20-8-16-7-17-20/h3-5,7-8,11H,6H2,1-2H3,(H,19,21). The van der Waals surface area contributed by atoms with Crippen LogP contribution in [0.3, 0.4) is 0 Å². The molecule has 0 aromatic carbocycles. The van der Waals surface area contributed by atoms with Crippen LogP contribution in [0.4, 0.5) is 0 Å². The number of esters is 1. The molecule has 3 aromatic heterocycles. The number of rotatable bonds is 5. The number of ether oxygens (including phenoxy) is 1. The Hall–Kier alpha value is -3.23. The maximum absolute atomic E-state index is 12.4. The summed E-state index contributed by atoms with van der Waals surface area (Å²) in [5.74, 6) is -1.07. The number of nitrogens with zero attached hydrogens (tertiary/aromatic N) is 4. The van der Waals surface area contributed by atoms with Crippen molar-refractivity contribution in [3.05, 3.63) is 42.3 Å². The van der Waals surface area contributed by atoms with E-state index in [0.29, 0.717) is 11.1 Å². The van der Waals surface area contributed by atoms with Gasteiger partial charge < -0.3 is 14.5 Å². The highest BCUT2D eigenvalue weighted by molar-refractivity contribution is 5.97. The van der Waals surface area contributed by atoms with Gasteiger partial charge in [-0.15, -0.1) is 0 Å². The van der Waals surface area contributed by atoms with E-state index < -0.39 is 17.9 Å². The van der Waals surface area contributed by atoms with Crippen LogP contribution in [0.1, 0.15) is 16.2 Å². The maximum Gasteiger partial charge on any atom is 0.330 e. The molecular weight excluding hydrogens is 314 g/mol. The third kappa shape index (κ3) is 3.24. The summed E-state index contributed by atoms with van der Waals surface area (Å²) in [6.07, 6.45) is 2.78. The average molecular weight is 329 g/mol. The van der Waals surface area contributed by atoms with Crippen LogP contribution in [0.15, 0.2) is 35.3 Å². The Labute approximate surface area is 136 Å². The Morgan fingerprint density at radius 2 is 2.25 bits per heavy atom. The van der Waals surface area contributed by atoms with E-state index in [9.17, 15) is 9.59 Å². The van der Waals surface area contributed by atoms with E-state index in [4.69, 9.17) is 9.15 Å². The predicted molar refractivity (Wildman–Crippen MR) is 82.0 cm³/mol. The summed E-state index contributed by atoms with van der Waals surface area (Å²) < 4.78 is 11.6. The van der Waals surface area contributed by atoms with Crippen molar-refractivity contribution in [3.8, 4) is 0 Å². The second-order valence-electron chi connectivity index (χ2n) is 5.11. The van der Waals surface area contributed by atoms with Gasteiger partial charge in [-0.1, -0.05) is 0 Å². The molecule has 3 rings (SSSR count). The molecule has 1 amide bonds. The second-order valence-corrected chi connectivity index (χ2v) is 5.11. The molecule has 0 aliphatic rings. The average Bonchev–Trinajstić information content (AvgIpc) is 3.22. The first-order valence-corrected chi connectivity index (χ1v) is 7.15. The minimum Gasteiger partial charge on any atom is -0.467 e. The third-order valence-electron chi connectivity index (χ3n) is 3.36. The minimum absolute atomic E-state index is 0.0654. The number of aromatic nitrogens is 4. The summed E-state index contributed by atoms with van der Waals surface area (Å²) in [6, 6.07) is 4.13. The highest BCUT2D eigenvalue weighted by atomic mass is 16.5. The Kier molecular flexibility index (Phi) is 4.23. The lowest BCUT2D eigenvalue weighted by atomic mass is 10.2. The van der Waals surface area contributed by atoms with Crippen LogP contribution in [-0.4, -0.2) is 44.8 Å². The highest BCUT2D eigenvalue weighted by Gasteiger charge is 2.25. The van der Waals surface area contributed by atoms with Crippen molar-refractivity contribution in [2.45, 2.75) is 19.5 Å². The van der Waals surface area contributed by atoms with Crippen molar-refractivity contribution in [2.75, 3.05) is 7.11 Å². The van der Waals surface area contributed by atoms with Crippen LogP contribution >= 0.6 is 0 Å². The van der Waals surface area contributed by atoms with Crippen molar-refractivity contribution in [3.63, 3.8) is 0 Å². The Morgan fingerprint density at radius 1 is 1.42 bits per heavy atom. The van der Waals surface area contributed by atoms with Crippen molar-refractivity contribution < 1.29 is 18.7 Å². The molecule has 0 aliphatic carbocycles. The van der Waals surface area contributed by atoms with E-state index in [1.165, 1.54) is 30.5 Å². The van der Waals surface area contributed by atoms with Crippen LogP contribution in [0, 0.1) is 6.92 Å². The van der Waals surface area contributed by atoms with Crippen LogP contribution in [-0.2, 0) is 16.1 Å². The number of amides is 1. The van der Waals surface area contributed by atoms with Gasteiger partial charge in [-0.3, -0.25) is 9.48 Å². The Balaban J connectivity index is 1.79. The van der Waals surface area contributed by atoms with Gasteiger partial charge in [0.2, 0.25) is 0 Å². The first-order chi connectivity index (χ1) is 11.6. The lowest BCUT2D eigenvalue weighted by Crippen LogP contribution is -2.44. The van der Waals surface area contributed by atoms with Gasteiger partial charge in [0, 0.05) is 11.8 Å². The van der Waals surface area contributed by atoms with Crippen molar-refractivity contribution in [1.29, 1.82) is 0 Å². The maximum atomic E-state index is 12.4. The van der Waals surface area contributed by atoms with Gasteiger partial charge in [-0.25, -0.2) is 14.8 Å². The fraction of sp³-hybridized carbons (Fsp3) is 0.267. The molecule has 0 saturated heterocycles. The fourth-order valence-electron chi connectivity index (χ4n) is 2.20. The molecule has 3 heterocycles. The number of hydrogen-bond donors (Lipinski definition) is 1. The quantitative estimate of drug-likeness (QED) is 0.686. The van der Waals surface area contributed by atoms with E-state index in [1.54, 1.807) is 12.1 Å². The van der Waals surface area contributed by atoms with Crippen LogP contribution < -0.4 is 5.32 Å². The zero-order valence-corrected chi connectivity index (χ0v) is 13.1. The number of methoxy groups -OCH3 is 1. The molecule has 9 heteroatoms. The Morgan fingerprint density at radius 3 is 2.96 bits per heavy atom. The second kappa shape index (κ2) is 6.49. The van der Waals surface area contributed by atoms with Crippen molar-refractivity contribution in [2.24, 2.45) is 0 Å². The SMILES string of the molecule is COC(=O)C(Cn1cncn1)NC(=O)c1cc2nc(C)ccc2o1. The highest BCUT2D eigenvalue weighted by Crippen LogP contribution is 2.18. The summed E-state index contributed by atoms with van der Waals surface area (Å²) >= 11 is 0. The minimum atomic E-state index is -0.924. The summed E-state index contributed by atoms with van der Waals surface area (Å²) in [4.78, 5) is 32.3. The lowest BCUT2D eigenvalue weighted by molar-refractivity contribution is -0.143. The number of pyridine rings is 1. The molecule has 1 unspecified atom stereocenters. The van der Waals surface area contributed by atoms with E-state index in [-0.39, 0.29) is 12.3 Å². The molecule has 3 aromatic rings. The zero-order chi connectivity index (χ0) is 17.1.